The van der Waals surface area contributed by atoms with Crippen LogP contribution in [-0.2, 0) is 19.1 Å². The fourth-order valence-electron chi connectivity index (χ4n) is 12.7. The number of aliphatic imine (C=N–C) groups is 2. The van der Waals surface area contributed by atoms with Gasteiger partial charge in [-0.05, 0) is 72.8 Å². The number of nitrogens with zero attached hydrogens (tertiary/aromatic N) is 12. The minimum atomic E-state index is -1.36. The second kappa shape index (κ2) is 28.6. The van der Waals surface area contributed by atoms with Crippen LogP contribution in [0.4, 0.5) is 34.1 Å². The highest BCUT2D eigenvalue weighted by Crippen LogP contribution is 2.40. The number of pyridine rings is 2. The van der Waals surface area contributed by atoms with Crippen molar-refractivity contribution in [3.05, 3.63) is 221 Å². The summed E-state index contributed by atoms with van der Waals surface area (Å²) in [7, 11) is 2.58. The Hall–Kier alpha value is -10.4. The number of ether oxygens (including phenoxy) is 2. The van der Waals surface area contributed by atoms with Gasteiger partial charge in [-0.1, -0.05) is 53.5 Å². The topological polar surface area (TPSA) is 281 Å². The maximum atomic E-state index is 14.3. The van der Waals surface area contributed by atoms with Gasteiger partial charge in [0.1, 0.15) is 29.5 Å². The summed E-state index contributed by atoms with van der Waals surface area (Å²) in [4.78, 5) is 115. The lowest BCUT2D eigenvalue weighted by Gasteiger charge is -2.38. The molecule has 31 heteroatoms. The van der Waals surface area contributed by atoms with E-state index in [4.69, 9.17) is 47.8 Å². The first-order valence-corrected chi connectivity index (χ1v) is 33.2. The molecule has 6 aliphatic rings. The van der Waals surface area contributed by atoms with Crippen molar-refractivity contribution in [2.24, 2.45) is 9.98 Å². The molecule has 0 spiro atoms. The predicted octanol–water partition coefficient (Wildman–Crippen LogP) is 9.82. The van der Waals surface area contributed by atoms with Crippen molar-refractivity contribution in [2.75, 3.05) is 89.5 Å². The van der Waals surface area contributed by atoms with Crippen molar-refractivity contribution in [3.63, 3.8) is 0 Å². The molecule has 4 atom stereocenters. The molecule has 6 aliphatic heterocycles. The number of piperazine rings is 2. The van der Waals surface area contributed by atoms with E-state index in [1.54, 1.807) is 63.6 Å². The maximum Gasteiger partial charge on any atom is 0.338 e. The van der Waals surface area contributed by atoms with Crippen LogP contribution in [0.15, 0.2) is 171 Å². The summed E-state index contributed by atoms with van der Waals surface area (Å²) < 4.78 is 52.7. The lowest BCUT2D eigenvalue weighted by atomic mass is 9.95. The third-order valence-corrected chi connectivity index (χ3v) is 19.7. The van der Waals surface area contributed by atoms with Gasteiger partial charge in [-0.2, -0.15) is 0 Å². The van der Waals surface area contributed by atoms with Crippen LogP contribution in [0.2, 0.25) is 10.0 Å². The largest absolute Gasteiger partial charge is 0.478 e. The number of benzene rings is 4. The molecule has 4 aromatic carbocycles. The van der Waals surface area contributed by atoms with E-state index in [9.17, 15) is 47.0 Å². The first-order chi connectivity index (χ1) is 47.8. The fourth-order valence-corrected chi connectivity index (χ4v) is 14.5. The van der Waals surface area contributed by atoms with Gasteiger partial charge in [0.15, 0.2) is 21.7 Å². The molecule has 506 valence electrons. The molecular formula is C68H57Cl2F3N14O10S2. The molecule has 99 heavy (non-hydrogen) atoms. The Kier molecular flexibility index (Phi) is 19.4. The SMILES string of the molecule is COC(=O)C1=C(CN2CCN3C(=O)N(c4ccc(-c5ccc(C(=O)O)c(F)c5)nc4)C[C@@H]3C2)NC(c2nccs2)=N[C@H]1c1ccc(F)cc1Cl.COC(=O)C1=C(CN2CCN3C(=O)N(c4ccnc(-c5ccc(C(=O)O)cc5)c4)C[C@@H]3C2)NC(c2nccs2)=N[C@H]1c1ccc(F)cc1Cl. The molecule has 0 radical (unpaired) electrons. The second-order valence-electron chi connectivity index (χ2n) is 23.4. The molecule has 4 N–H and O–H groups in total. The number of halogens is 5. The number of urea groups is 2. The molecule has 10 heterocycles. The number of hydrogen-bond donors (Lipinski definition) is 4. The molecule has 0 unspecified atom stereocenters. The first kappa shape index (κ1) is 67.2. The standard InChI is InChI=1S/C34H28ClF2N7O5S.C34H29ClFN7O5S/c1-49-33(47)28-27(40-30(31-38-8-11-50-31)41-29(28)22-6-3-19(36)13-24(22)35)17-42-9-10-43-21(15-42)16-44(34(43)48)20-4-7-26(39-14-20)18-2-5-23(32(45)46)25(37)12-18;1-48-33(46)28-27(39-30(31-38-10-13-49-31)40-29(28)24-7-6-21(36)14-25(24)35)18-41-11-12-42-23(16-41)17-43(34(42)47)22-8-9-37-26(15-22)19-2-4-20(5-3-19)32(44)45/h2-8,11-14,21,29H,9-10,15-17H2,1H3,(H,40,41)(H,45,46);2-10,13-15,23,29H,11-12,16-18H2,1H3,(H,39,40)(H,44,45)/t21-,29-;23-,29-/m00/s1. The van der Waals surface area contributed by atoms with Crippen molar-refractivity contribution in [3.8, 4) is 22.5 Å². The van der Waals surface area contributed by atoms with E-state index in [0.717, 1.165) is 11.6 Å². The van der Waals surface area contributed by atoms with Crippen LogP contribution in [0.25, 0.3) is 22.5 Å². The van der Waals surface area contributed by atoms with Gasteiger partial charge in [-0.15, -0.1) is 22.7 Å². The zero-order valence-corrected chi connectivity index (χ0v) is 55.5. The van der Waals surface area contributed by atoms with Gasteiger partial charge in [0, 0.05) is 144 Å². The number of fused-ring (bicyclic) bond motifs is 2. The average molecular weight is 1420 g/mol. The molecule has 8 aromatic rings. The minimum Gasteiger partial charge on any atom is -0.478 e. The number of carboxylic acid groups (broad SMARTS) is 2. The number of rotatable bonds is 16. The Labute approximate surface area is 580 Å². The summed E-state index contributed by atoms with van der Waals surface area (Å²) in [5.41, 5.74) is 5.64. The van der Waals surface area contributed by atoms with E-state index in [1.165, 1.54) is 104 Å². The quantitative estimate of drug-likeness (QED) is 0.0655. The first-order valence-electron chi connectivity index (χ1n) is 30.7. The van der Waals surface area contributed by atoms with Gasteiger partial charge >= 0.3 is 35.9 Å². The van der Waals surface area contributed by atoms with E-state index >= 15 is 0 Å². The minimum absolute atomic E-state index is 0.113. The summed E-state index contributed by atoms with van der Waals surface area (Å²) in [5, 5.41) is 30.0. The van der Waals surface area contributed by atoms with Crippen LogP contribution in [0.3, 0.4) is 0 Å². The Balaban J connectivity index is 0.000000178. The van der Waals surface area contributed by atoms with Gasteiger partial charge in [0.2, 0.25) is 0 Å². The number of methoxy groups -OCH3 is 2. The summed E-state index contributed by atoms with van der Waals surface area (Å²) in [6.45, 7) is 4.40. The molecule has 14 rings (SSSR count). The zero-order chi connectivity index (χ0) is 69.3. The van der Waals surface area contributed by atoms with Crippen LogP contribution < -0.4 is 20.4 Å². The van der Waals surface area contributed by atoms with Crippen LogP contribution in [0.1, 0.15) is 53.9 Å². The summed E-state index contributed by atoms with van der Waals surface area (Å²) in [6, 6.07) is 22.8. The normalized spacial score (nSPS) is 19.3. The van der Waals surface area contributed by atoms with Crippen LogP contribution in [-0.4, -0.2) is 189 Å². The van der Waals surface area contributed by atoms with Gasteiger partial charge in [-0.3, -0.25) is 39.6 Å². The molecule has 4 aromatic heterocycles. The highest BCUT2D eigenvalue weighted by Gasteiger charge is 2.45. The number of thiazole rings is 2. The van der Waals surface area contributed by atoms with Gasteiger partial charge in [0.05, 0.1) is 71.8 Å². The molecule has 0 bridgehead atoms. The Morgan fingerprint density at radius 1 is 0.566 bits per heavy atom. The average Bonchev–Trinajstić information content (AvgIpc) is 1.53. The zero-order valence-electron chi connectivity index (χ0n) is 52.4. The van der Waals surface area contributed by atoms with Crippen molar-refractivity contribution in [1.82, 2.24) is 50.2 Å². The van der Waals surface area contributed by atoms with Crippen LogP contribution >= 0.6 is 45.9 Å². The highest BCUT2D eigenvalue weighted by molar-refractivity contribution is 7.12. The summed E-state index contributed by atoms with van der Waals surface area (Å²) >= 11 is 15.7. The monoisotopic (exact) mass is 1420 g/mol. The summed E-state index contributed by atoms with van der Waals surface area (Å²) in [6.07, 6.45) is 6.47. The predicted molar refractivity (Wildman–Crippen MR) is 363 cm³/mol. The number of carboxylic acids is 2. The number of amidine groups is 2. The number of anilines is 2. The smallest absolute Gasteiger partial charge is 0.338 e. The number of aromatic nitrogens is 4. The number of amides is 4. The van der Waals surface area contributed by atoms with E-state index < -0.39 is 59.0 Å². The Bertz CT molecular complexity index is 4650. The van der Waals surface area contributed by atoms with E-state index in [0.29, 0.717) is 131 Å². The van der Waals surface area contributed by atoms with E-state index in [1.807, 2.05) is 21.7 Å². The second-order valence-corrected chi connectivity index (χ2v) is 26.0. The third kappa shape index (κ3) is 13.9. The van der Waals surface area contributed by atoms with Crippen molar-refractivity contribution in [2.45, 2.75) is 24.2 Å². The van der Waals surface area contributed by atoms with Crippen LogP contribution in [0, 0.1) is 17.5 Å². The van der Waals surface area contributed by atoms with Crippen LogP contribution in [0.5, 0.6) is 0 Å². The molecule has 4 amide bonds. The molecule has 24 nitrogen and oxygen atoms in total. The molecule has 4 saturated heterocycles. The summed E-state index contributed by atoms with van der Waals surface area (Å²) in [5.74, 6) is -4.58. The van der Waals surface area contributed by atoms with Gasteiger partial charge in [-0.25, -0.2) is 51.9 Å². The maximum absolute atomic E-state index is 14.3. The fraction of sp³-hybridized carbons (Fsp3) is 0.235. The molecule has 0 saturated carbocycles. The van der Waals surface area contributed by atoms with E-state index in [2.05, 4.69) is 40.4 Å². The molecule has 4 fully saturated rings. The number of hydrogen-bond acceptors (Lipinski definition) is 20. The van der Waals surface area contributed by atoms with Crippen molar-refractivity contribution >= 4 is 105 Å². The number of carbonyl (C=O) groups excluding carboxylic acids is 4. The number of esters is 2. The number of aromatic carboxylic acids is 2. The van der Waals surface area contributed by atoms with Gasteiger partial charge in [0.25, 0.3) is 0 Å². The molecular weight excluding hydrogens is 1360 g/mol. The molecule has 0 aliphatic carbocycles. The highest BCUT2D eigenvalue weighted by atomic mass is 35.5. The van der Waals surface area contributed by atoms with Gasteiger partial charge < -0.3 is 40.1 Å². The number of nitrogens with one attached hydrogen (secondary N) is 2. The lowest BCUT2D eigenvalue weighted by Crippen LogP contribution is -2.53. The third-order valence-electron chi connectivity index (χ3n) is 17.5. The van der Waals surface area contributed by atoms with Crippen molar-refractivity contribution in [1.29, 1.82) is 0 Å². The number of carbonyl (C=O) groups is 6. The lowest BCUT2D eigenvalue weighted by molar-refractivity contribution is -0.137. The van der Waals surface area contributed by atoms with Crippen molar-refractivity contribution < 1.29 is 61.6 Å². The Morgan fingerprint density at radius 3 is 1.55 bits per heavy atom. The Morgan fingerprint density at radius 2 is 1.09 bits per heavy atom. The van der Waals surface area contributed by atoms with E-state index in [-0.39, 0.29) is 57.4 Å².